The van der Waals surface area contributed by atoms with E-state index in [0.717, 1.165) is 9.26 Å². The first-order chi connectivity index (χ1) is 11.7. The zero-order valence-electron chi connectivity index (χ0n) is 13.5. The van der Waals surface area contributed by atoms with Crippen molar-refractivity contribution in [3.63, 3.8) is 0 Å². The number of ether oxygens (including phenoxy) is 2. The summed E-state index contributed by atoms with van der Waals surface area (Å²) < 4.78 is 12.1. The van der Waals surface area contributed by atoms with Crippen LogP contribution in [0.2, 0.25) is 0 Å². The summed E-state index contributed by atoms with van der Waals surface area (Å²) in [5, 5.41) is 5.96. The summed E-state index contributed by atoms with van der Waals surface area (Å²) in [6, 6.07) is 15.2. The van der Waals surface area contributed by atoms with Gasteiger partial charge in [-0.3, -0.25) is 4.79 Å². The molecule has 0 fully saturated rings. The van der Waals surface area contributed by atoms with E-state index in [0.29, 0.717) is 31.3 Å². The third-order valence-electron chi connectivity index (χ3n) is 3.15. The van der Waals surface area contributed by atoms with Crippen molar-refractivity contribution in [1.29, 1.82) is 0 Å². The molecule has 0 aliphatic rings. The highest BCUT2D eigenvalue weighted by Crippen LogP contribution is 2.23. The molecule has 0 radical (unpaired) electrons. The van der Waals surface area contributed by atoms with Crippen LogP contribution in [-0.2, 0) is 9.53 Å². The Bertz CT molecular complexity index is 647. The Labute approximate surface area is 155 Å². The molecular weight excluding hydrogens is 419 g/mol. The molecule has 0 spiro atoms. The second kappa shape index (κ2) is 10.1. The van der Waals surface area contributed by atoms with Crippen LogP contribution in [0.25, 0.3) is 0 Å². The van der Waals surface area contributed by atoms with Crippen LogP contribution in [-0.4, -0.2) is 32.3 Å². The van der Waals surface area contributed by atoms with E-state index in [9.17, 15) is 4.79 Å². The molecule has 2 rings (SSSR count). The van der Waals surface area contributed by atoms with Gasteiger partial charge in [0.2, 0.25) is 5.91 Å². The Morgan fingerprint density at radius 1 is 1.08 bits per heavy atom. The van der Waals surface area contributed by atoms with Gasteiger partial charge in [-0.15, -0.1) is 0 Å². The normalized spacial score (nSPS) is 10.2. The summed E-state index contributed by atoms with van der Waals surface area (Å²) in [6.07, 6.45) is 0. The largest absolute Gasteiger partial charge is 0.489 e. The number of hydrogen-bond donors (Lipinski definition) is 2. The average Bonchev–Trinajstić information content (AvgIpc) is 2.59. The van der Waals surface area contributed by atoms with Gasteiger partial charge in [0.25, 0.3) is 0 Å². The van der Waals surface area contributed by atoms with Crippen molar-refractivity contribution < 1.29 is 14.3 Å². The second-order valence-electron chi connectivity index (χ2n) is 4.95. The van der Waals surface area contributed by atoms with E-state index in [1.165, 1.54) is 0 Å². The van der Waals surface area contributed by atoms with Crippen LogP contribution < -0.4 is 15.4 Å². The maximum Gasteiger partial charge on any atom is 0.243 e. The van der Waals surface area contributed by atoms with Crippen molar-refractivity contribution in [2.45, 2.75) is 6.92 Å². The van der Waals surface area contributed by atoms with Gasteiger partial charge in [-0.05, 0) is 65.9 Å². The van der Waals surface area contributed by atoms with E-state index < -0.39 is 0 Å². The van der Waals surface area contributed by atoms with Crippen molar-refractivity contribution in [3.05, 3.63) is 52.1 Å². The minimum absolute atomic E-state index is 0.130. The number of rotatable bonds is 9. The molecule has 0 saturated heterocycles. The lowest BCUT2D eigenvalue weighted by Gasteiger charge is -2.13. The fourth-order valence-corrected chi connectivity index (χ4v) is 2.35. The minimum Gasteiger partial charge on any atom is -0.489 e. The molecule has 0 unspecified atom stereocenters. The van der Waals surface area contributed by atoms with Crippen LogP contribution in [0.15, 0.2) is 48.5 Å². The van der Waals surface area contributed by atoms with E-state index in [4.69, 9.17) is 9.47 Å². The number of para-hydroxylation sites is 2. The Morgan fingerprint density at radius 2 is 1.83 bits per heavy atom. The first-order valence-electron chi connectivity index (χ1n) is 7.78. The van der Waals surface area contributed by atoms with Crippen molar-refractivity contribution >= 4 is 39.9 Å². The minimum atomic E-state index is -0.130. The van der Waals surface area contributed by atoms with Crippen LogP contribution in [0.1, 0.15) is 6.92 Å². The van der Waals surface area contributed by atoms with Gasteiger partial charge in [0.05, 0.1) is 18.8 Å². The molecule has 2 aromatic rings. The maximum atomic E-state index is 12.1. The van der Waals surface area contributed by atoms with Crippen molar-refractivity contribution in [3.8, 4) is 5.75 Å². The highest BCUT2D eigenvalue weighted by Gasteiger charge is 2.07. The smallest absolute Gasteiger partial charge is 0.243 e. The Hall–Kier alpha value is -1.80. The van der Waals surface area contributed by atoms with Crippen LogP contribution in [0.4, 0.5) is 11.4 Å². The SMILES string of the molecule is CCOCCOc1ccccc1NC(=O)CNc1ccc(I)cc1. The summed E-state index contributed by atoms with van der Waals surface area (Å²) in [6.45, 7) is 3.75. The van der Waals surface area contributed by atoms with Crippen LogP contribution in [0.5, 0.6) is 5.75 Å². The predicted octanol–water partition coefficient (Wildman–Crippen LogP) is 3.76. The highest BCUT2D eigenvalue weighted by atomic mass is 127. The molecule has 128 valence electrons. The highest BCUT2D eigenvalue weighted by molar-refractivity contribution is 14.1. The van der Waals surface area contributed by atoms with E-state index in [1.54, 1.807) is 0 Å². The summed E-state index contributed by atoms with van der Waals surface area (Å²) in [5.74, 6) is 0.509. The molecule has 0 heterocycles. The molecule has 0 aliphatic heterocycles. The number of hydrogen-bond acceptors (Lipinski definition) is 4. The molecule has 0 aliphatic carbocycles. The van der Waals surface area contributed by atoms with Gasteiger partial charge in [-0.1, -0.05) is 12.1 Å². The topological polar surface area (TPSA) is 59.6 Å². The average molecular weight is 440 g/mol. The van der Waals surface area contributed by atoms with E-state index in [1.807, 2.05) is 55.5 Å². The lowest BCUT2D eigenvalue weighted by molar-refractivity contribution is -0.114. The second-order valence-corrected chi connectivity index (χ2v) is 6.20. The first kappa shape index (κ1) is 18.5. The number of halogens is 1. The number of carbonyl (C=O) groups excluding carboxylic acids is 1. The molecule has 5 nitrogen and oxygen atoms in total. The fraction of sp³-hybridized carbons (Fsp3) is 0.278. The molecule has 2 aromatic carbocycles. The molecule has 0 bridgehead atoms. The Morgan fingerprint density at radius 3 is 2.58 bits per heavy atom. The van der Waals surface area contributed by atoms with E-state index >= 15 is 0 Å². The van der Waals surface area contributed by atoms with E-state index in [-0.39, 0.29) is 12.5 Å². The number of anilines is 2. The summed E-state index contributed by atoms with van der Waals surface area (Å²) >= 11 is 2.24. The van der Waals surface area contributed by atoms with Crippen LogP contribution in [0.3, 0.4) is 0 Å². The molecule has 24 heavy (non-hydrogen) atoms. The van der Waals surface area contributed by atoms with Crippen molar-refractivity contribution in [1.82, 2.24) is 0 Å². The number of nitrogens with one attached hydrogen (secondary N) is 2. The van der Waals surface area contributed by atoms with Gasteiger partial charge in [-0.2, -0.15) is 0 Å². The summed E-state index contributed by atoms with van der Waals surface area (Å²) in [4.78, 5) is 12.1. The third-order valence-corrected chi connectivity index (χ3v) is 3.87. The maximum absolute atomic E-state index is 12.1. The van der Waals surface area contributed by atoms with Gasteiger partial charge in [0.15, 0.2) is 0 Å². The number of amides is 1. The molecule has 0 saturated carbocycles. The van der Waals surface area contributed by atoms with Gasteiger partial charge in [-0.25, -0.2) is 0 Å². The fourth-order valence-electron chi connectivity index (χ4n) is 2.00. The van der Waals surface area contributed by atoms with Gasteiger partial charge >= 0.3 is 0 Å². The molecule has 1 amide bonds. The Balaban J connectivity index is 1.85. The molecule has 0 aromatic heterocycles. The first-order valence-corrected chi connectivity index (χ1v) is 8.85. The number of carbonyl (C=O) groups is 1. The van der Waals surface area contributed by atoms with Gasteiger partial charge < -0.3 is 20.1 Å². The van der Waals surface area contributed by atoms with Crippen molar-refractivity contribution in [2.75, 3.05) is 37.0 Å². The molecule has 2 N–H and O–H groups in total. The lowest BCUT2D eigenvalue weighted by atomic mass is 10.3. The monoisotopic (exact) mass is 440 g/mol. The molecule has 6 heteroatoms. The van der Waals surface area contributed by atoms with Crippen LogP contribution in [0, 0.1) is 3.57 Å². The molecular formula is C18H21IN2O3. The van der Waals surface area contributed by atoms with Crippen LogP contribution >= 0.6 is 22.6 Å². The predicted molar refractivity (Wildman–Crippen MR) is 105 cm³/mol. The zero-order valence-corrected chi connectivity index (χ0v) is 15.7. The van der Waals surface area contributed by atoms with Gasteiger partial charge in [0, 0.05) is 15.9 Å². The number of benzene rings is 2. The quantitative estimate of drug-likeness (QED) is 0.461. The van der Waals surface area contributed by atoms with E-state index in [2.05, 4.69) is 33.2 Å². The lowest BCUT2D eigenvalue weighted by Crippen LogP contribution is -2.22. The standard InChI is InChI=1S/C18H21IN2O3/c1-2-23-11-12-24-17-6-4-3-5-16(17)21-18(22)13-20-15-9-7-14(19)8-10-15/h3-10,20H,2,11-13H2,1H3,(H,21,22). The summed E-state index contributed by atoms with van der Waals surface area (Å²) in [5.41, 5.74) is 1.57. The van der Waals surface area contributed by atoms with Gasteiger partial charge in [0.1, 0.15) is 12.4 Å². The zero-order chi connectivity index (χ0) is 17.2. The molecule has 0 atom stereocenters. The third kappa shape index (κ3) is 6.37. The Kier molecular flexibility index (Phi) is 7.84. The summed E-state index contributed by atoms with van der Waals surface area (Å²) in [7, 11) is 0. The van der Waals surface area contributed by atoms with Crippen molar-refractivity contribution in [2.24, 2.45) is 0 Å².